The van der Waals surface area contributed by atoms with E-state index >= 15 is 0 Å². The number of aromatic nitrogens is 3. The van der Waals surface area contributed by atoms with Crippen LogP contribution < -0.4 is 22.1 Å². The zero-order valence-corrected chi connectivity index (χ0v) is 15.2. The van der Waals surface area contributed by atoms with Crippen LogP contribution in [0.5, 0.6) is 0 Å². The van der Waals surface area contributed by atoms with Crippen molar-refractivity contribution in [1.82, 2.24) is 20.1 Å². The second kappa shape index (κ2) is 7.21. The molecule has 0 radical (unpaired) electrons. The summed E-state index contributed by atoms with van der Waals surface area (Å²) in [6, 6.07) is 11.1. The maximum Gasteiger partial charge on any atom is 0.211 e. The molecule has 2 aromatic heterocycles. The van der Waals surface area contributed by atoms with Gasteiger partial charge in [-0.05, 0) is 17.2 Å². The van der Waals surface area contributed by atoms with Crippen molar-refractivity contribution in [1.29, 1.82) is 10.5 Å². The first-order valence-electron chi connectivity index (χ1n) is 8.66. The Morgan fingerprint density at radius 3 is 2.66 bits per heavy atom. The van der Waals surface area contributed by atoms with Crippen LogP contribution in [0.2, 0.25) is 0 Å². The van der Waals surface area contributed by atoms with Gasteiger partial charge >= 0.3 is 0 Å². The number of hydrogen-bond acceptors (Lipinski definition) is 9. The summed E-state index contributed by atoms with van der Waals surface area (Å²) in [6.07, 6.45) is 5.45. The highest BCUT2D eigenvalue weighted by Crippen LogP contribution is 2.40. The fraction of sp³-hybridized carbons (Fsp3) is 0.105. The van der Waals surface area contributed by atoms with Gasteiger partial charge in [0.05, 0.1) is 12.2 Å². The van der Waals surface area contributed by atoms with Crippen LogP contribution in [0.1, 0.15) is 28.3 Å². The van der Waals surface area contributed by atoms with Crippen LogP contribution in [0, 0.1) is 22.8 Å². The first-order chi connectivity index (χ1) is 14.1. The van der Waals surface area contributed by atoms with Gasteiger partial charge in [-0.3, -0.25) is 10.00 Å². The zero-order chi connectivity index (χ0) is 20.4. The van der Waals surface area contributed by atoms with Gasteiger partial charge in [0.2, 0.25) is 5.96 Å². The fourth-order valence-electron chi connectivity index (χ4n) is 3.21. The SMILES string of the molecule is N#CNC1=NC(c2ccc(Cn3cccn3)cc2)c2c(nc(N)c(C#N)c2N)N1. The van der Waals surface area contributed by atoms with Crippen molar-refractivity contribution >= 4 is 23.3 Å². The molecule has 29 heavy (non-hydrogen) atoms. The highest BCUT2D eigenvalue weighted by Gasteiger charge is 2.29. The normalized spacial score (nSPS) is 14.7. The number of nitriles is 2. The summed E-state index contributed by atoms with van der Waals surface area (Å²) >= 11 is 0. The van der Waals surface area contributed by atoms with Crippen LogP contribution in [0.15, 0.2) is 47.7 Å². The molecule has 3 aromatic rings. The van der Waals surface area contributed by atoms with Crippen molar-refractivity contribution in [2.45, 2.75) is 12.6 Å². The molecule has 0 saturated heterocycles. The Hall–Kier alpha value is -4.57. The smallest absolute Gasteiger partial charge is 0.211 e. The molecule has 0 amide bonds. The Balaban J connectivity index is 1.76. The molecule has 0 spiro atoms. The Morgan fingerprint density at radius 1 is 1.21 bits per heavy atom. The van der Waals surface area contributed by atoms with E-state index in [1.165, 1.54) is 0 Å². The van der Waals surface area contributed by atoms with Crippen molar-refractivity contribution in [3.63, 3.8) is 0 Å². The summed E-state index contributed by atoms with van der Waals surface area (Å²) in [5.74, 6) is 0.599. The van der Waals surface area contributed by atoms with E-state index in [4.69, 9.17) is 16.7 Å². The van der Waals surface area contributed by atoms with Gasteiger partial charge in [-0.15, -0.1) is 0 Å². The van der Waals surface area contributed by atoms with Crippen molar-refractivity contribution < 1.29 is 0 Å². The van der Waals surface area contributed by atoms with Gasteiger partial charge < -0.3 is 16.8 Å². The van der Waals surface area contributed by atoms with Crippen LogP contribution in [0.4, 0.5) is 17.3 Å². The van der Waals surface area contributed by atoms with E-state index in [1.54, 1.807) is 6.20 Å². The largest absolute Gasteiger partial charge is 0.397 e. The molecule has 142 valence electrons. The number of aliphatic imine (C=N–C) groups is 1. The van der Waals surface area contributed by atoms with E-state index in [0.717, 1.165) is 11.1 Å². The van der Waals surface area contributed by atoms with Crippen LogP contribution in [0.3, 0.4) is 0 Å². The van der Waals surface area contributed by atoms with Crippen LogP contribution in [0.25, 0.3) is 0 Å². The predicted molar refractivity (Wildman–Crippen MR) is 107 cm³/mol. The standard InChI is InChI=1S/C19H16N10/c20-8-13-15(22)14-16(26-19(24-10-21)28-18(14)27-17(13)23)12-4-2-11(3-5-12)9-29-7-1-6-25-29/h1-7,16H,9H2,(H6,22,23,24,26,27,28). The topological polar surface area (TPSA) is 167 Å². The summed E-state index contributed by atoms with van der Waals surface area (Å²) in [4.78, 5) is 8.78. The van der Waals surface area contributed by atoms with E-state index in [1.807, 2.05) is 53.5 Å². The minimum absolute atomic E-state index is 0.0165. The summed E-state index contributed by atoms with van der Waals surface area (Å²) in [6.45, 7) is 0.638. The summed E-state index contributed by atoms with van der Waals surface area (Å²) in [7, 11) is 0. The minimum atomic E-state index is -0.555. The van der Waals surface area contributed by atoms with Gasteiger partial charge in [0, 0.05) is 18.0 Å². The number of rotatable bonds is 3. The average Bonchev–Trinajstić information content (AvgIpc) is 3.21. The Kier molecular flexibility index (Phi) is 4.43. The quantitative estimate of drug-likeness (QED) is 0.387. The lowest BCUT2D eigenvalue weighted by atomic mass is 9.94. The molecular weight excluding hydrogens is 368 g/mol. The molecule has 1 unspecified atom stereocenters. The first-order valence-corrected chi connectivity index (χ1v) is 8.66. The molecule has 10 nitrogen and oxygen atoms in total. The van der Waals surface area contributed by atoms with Crippen molar-refractivity contribution in [3.05, 3.63) is 65.0 Å². The van der Waals surface area contributed by atoms with Gasteiger partial charge in [-0.25, -0.2) is 9.98 Å². The summed E-state index contributed by atoms with van der Waals surface area (Å²) < 4.78 is 1.83. The lowest BCUT2D eigenvalue weighted by molar-refractivity contribution is 0.686. The Morgan fingerprint density at radius 2 is 2.00 bits per heavy atom. The highest BCUT2D eigenvalue weighted by atomic mass is 15.3. The van der Waals surface area contributed by atoms with Crippen LogP contribution >= 0.6 is 0 Å². The second-order valence-electron chi connectivity index (χ2n) is 6.35. The van der Waals surface area contributed by atoms with E-state index in [-0.39, 0.29) is 23.0 Å². The zero-order valence-electron chi connectivity index (χ0n) is 15.2. The van der Waals surface area contributed by atoms with Gasteiger partial charge in [0.15, 0.2) is 6.19 Å². The van der Waals surface area contributed by atoms with Gasteiger partial charge in [-0.2, -0.15) is 15.6 Å². The van der Waals surface area contributed by atoms with E-state index in [9.17, 15) is 5.26 Å². The van der Waals surface area contributed by atoms with Crippen molar-refractivity contribution in [2.75, 3.05) is 16.8 Å². The number of pyridine rings is 1. The molecule has 0 saturated carbocycles. The molecule has 6 N–H and O–H groups in total. The van der Waals surface area contributed by atoms with E-state index in [2.05, 4.69) is 25.7 Å². The molecule has 1 aliphatic rings. The third-order valence-corrected chi connectivity index (χ3v) is 4.56. The van der Waals surface area contributed by atoms with Crippen molar-refractivity contribution in [2.24, 2.45) is 4.99 Å². The first kappa shape index (κ1) is 17.8. The molecule has 4 rings (SSSR count). The predicted octanol–water partition coefficient (Wildman–Crippen LogP) is 1.30. The van der Waals surface area contributed by atoms with Gasteiger partial charge in [-0.1, -0.05) is 24.3 Å². The lowest BCUT2D eigenvalue weighted by Gasteiger charge is -2.26. The number of benzene rings is 1. The van der Waals surface area contributed by atoms with Gasteiger partial charge in [0.1, 0.15) is 29.3 Å². The van der Waals surface area contributed by atoms with E-state index < -0.39 is 6.04 Å². The molecule has 0 aliphatic carbocycles. The molecule has 0 bridgehead atoms. The number of anilines is 3. The van der Waals surface area contributed by atoms with Crippen molar-refractivity contribution in [3.8, 4) is 12.3 Å². The molecule has 0 fully saturated rings. The highest BCUT2D eigenvalue weighted by molar-refractivity contribution is 5.98. The molecule has 1 aromatic carbocycles. The molecule has 1 atom stereocenters. The number of nitrogens with one attached hydrogen (secondary N) is 2. The van der Waals surface area contributed by atoms with Gasteiger partial charge in [0.25, 0.3) is 0 Å². The third kappa shape index (κ3) is 3.26. The van der Waals surface area contributed by atoms with E-state index in [0.29, 0.717) is 17.9 Å². The second-order valence-corrected chi connectivity index (χ2v) is 6.35. The number of nitrogen functional groups attached to an aromatic ring is 2. The van der Waals surface area contributed by atoms with Crippen LogP contribution in [-0.4, -0.2) is 20.7 Å². The molecule has 10 heteroatoms. The Labute approximate surface area is 166 Å². The fourth-order valence-corrected chi connectivity index (χ4v) is 3.21. The molecule has 1 aliphatic heterocycles. The van der Waals surface area contributed by atoms with Crippen LogP contribution in [-0.2, 0) is 6.54 Å². The number of nitrogens with zero attached hydrogens (tertiary/aromatic N) is 6. The maximum absolute atomic E-state index is 9.38. The monoisotopic (exact) mass is 384 g/mol. The number of nitrogens with two attached hydrogens (primary N) is 2. The summed E-state index contributed by atoms with van der Waals surface area (Å²) in [5, 5.41) is 27.9. The minimum Gasteiger partial charge on any atom is -0.397 e. The Bertz CT molecular complexity index is 1160. The lowest BCUT2D eigenvalue weighted by Crippen LogP contribution is -2.32. The average molecular weight is 384 g/mol. The third-order valence-electron chi connectivity index (χ3n) is 4.56. The summed E-state index contributed by atoms with van der Waals surface area (Å²) in [5.41, 5.74) is 14.8. The number of fused-ring (bicyclic) bond motifs is 1. The molecule has 3 heterocycles. The number of hydrogen-bond donors (Lipinski definition) is 4. The maximum atomic E-state index is 9.38. The number of guanidine groups is 1. The molecular formula is C19H16N10.